The van der Waals surface area contributed by atoms with E-state index in [9.17, 15) is 14.7 Å². The van der Waals surface area contributed by atoms with Crippen molar-refractivity contribution in [2.75, 3.05) is 32.2 Å². The first-order chi connectivity index (χ1) is 10.9. The molecule has 1 aromatic heterocycles. The maximum absolute atomic E-state index is 12.0. The molecule has 2 rings (SSSR count). The Morgan fingerprint density at radius 2 is 1.91 bits per heavy atom. The van der Waals surface area contributed by atoms with E-state index in [-0.39, 0.29) is 12.8 Å². The van der Waals surface area contributed by atoms with Crippen molar-refractivity contribution in [3.05, 3.63) is 24.0 Å². The number of nitrogens with zero attached hydrogens (tertiary/aromatic N) is 3. The third kappa shape index (κ3) is 4.26. The van der Waals surface area contributed by atoms with Crippen molar-refractivity contribution in [3.63, 3.8) is 0 Å². The number of hydrogen-bond donors (Lipinski definition) is 2. The number of aromatic nitrogens is 2. The number of nitrogens with one attached hydrogen (secondary N) is 1. The summed E-state index contributed by atoms with van der Waals surface area (Å²) >= 11 is 0. The van der Waals surface area contributed by atoms with Crippen LogP contribution < -0.4 is 10.2 Å². The van der Waals surface area contributed by atoms with Gasteiger partial charge in [0.2, 0.25) is 11.9 Å². The normalized spacial score (nSPS) is 17.0. The van der Waals surface area contributed by atoms with Gasteiger partial charge >= 0.3 is 5.97 Å². The third-order valence-corrected chi connectivity index (χ3v) is 3.60. The highest BCUT2D eigenvalue weighted by atomic mass is 16.5. The highest BCUT2D eigenvalue weighted by Crippen LogP contribution is 2.21. The maximum atomic E-state index is 12.0. The van der Waals surface area contributed by atoms with Gasteiger partial charge in [-0.2, -0.15) is 0 Å². The van der Waals surface area contributed by atoms with Crippen molar-refractivity contribution in [2.24, 2.45) is 0 Å². The fourth-order valence-electron chi connectivity index (χ4n) is 2.21. The minimum Gasteiger partial charge on any atom is -0.480 e. The van der Waals surface area contributed by atoms with Crippen molar-refractivity contribution in [1.82, 2.24) is 15.3 Å². The molecule has 0 spiro atoms. The van der Waals surface area contributed by atoms with Gasteiger partial charge in [0.25, 0.3) is 0 Å². The minimum absolute atomic E-state index is 0.253. The Morgan fingerprint density at radius 3 is 2.43 bits per heavy atom. The minimum atomic E-state index is -1.26. The molecule has 1 fully saturated rings. The number of carbonyl (C=O) groups excluding carboxylic acids is 1. The first kappa shape index (κ1) is 16.9. The summed E-state index contributed by atoms with van der Waals surface area (Å²) in [6.45, 7) is 0.631. The molecule has 0 saturated carbocycles. The zero-order valence-electron chi connectivity index (χ0n) is 13.2. The van der Waals surface area contributed by atoms with E-state index in [1.807, 2.05) is 14.1 Å². The molecule has 0 bridgehead atoms. The number of rotatable bonds is 5. The van der Waals surface area contributed by atoms with E-state index in [2.05, 4.69) is 15.3 Å². The average Bonchev–Trinajstić information content (AvgIpc) is 2.54. The van der Waals surface area contributed by atoms with Crippen LogP contribution in [0.5, 0.6) is 0 Å². The molecule has 23 heavy (non-hydrogen) atoms. The summed E-state index contributed by atoms with van der Waals surface area (Å²) in [5.41, 5.74) is -0.604. The molecule has 1 amide bonds. The van der Waals surface area contributed by atoms with E-state index in [4.69, 9.17) is 4.74 Å². The van der Waals surface area contributed by atoms with Crippen LogP contribution in [0.15, 0.2) is 18.5 Å². The van der Waals surface area contributed by atoms with Crippen LogP contribution in [0.3, 0.4) is 0 Å². The molecular weight excluding hydrogens is 300 g/mol. The molecule has 0 aliphatic carbocycles. The van der Waals surface area contributed by atoms with Crippen molar-refractivity contribution in [2.45, 2.75) is 18.4 Å². The second kappa shape index (κ2) is 7.19. The van der Waals surface area contributed by atoms with Crippen LogP contribution in [0, 0.1) is 0 Å². The molecule has 1 aliphatic rings. The van der Waals surface area contributed by atoms with Crippen molar-refractivity contribution in [1.29, 1.82) is 0 Å². The number of carbonyl (C=O) groups is 2. The van der Waals surface area contributed by atoms with Crippen LogP contribution in [0.4, 0.5) is 5.95 Å². The summed E-state index contributed by atoms with van der Waals surface area (Å²) in [6.07, 6.45) is 6.52. The van der Waals surface area contributed by atoms with E-state index < -0.39 is 17.4 Å². The number of ether oxygens (including phenoxy) is 1. The van der Waals surface area contributed by atoms with Crippen LogP contribution >= 0.6 is 0 Å². The summed E-state index contributed by atoms with van der Waals surface area (Å²) in [5, 5.41) is 12.0. The molecule has 0 radical (unpaired) electrons. The van der Waals surface area contributed by atoms with Crippen molar-refractivity contribution >= 4 is 23.9 Å². The number of amides is 1. The number of hydrogen-bond acceptors (Lipinski definition) is 6. The molecule has 1 aliphatic heterocycles. The molecule has 8 nitrogen and oxygen atoms in total. The van der Waals surface area contributed by atoms with Gasteiger partial charge < -0.3 is 20.1 Å². The van der Waals surface area contributed by atoms with Gasteiger partial charge in [-0.25, -0.2) is 14.8 Å². The highest BCUT2D eigenvalue weighted by Gasteiger charge is 2.41. The lowest BCUT2D eigenvalue weighted by Crippen LogP contribution is -2.57. The molecular formula is C15H20N4O4. The lowest BCUT2D eigenvalue weighted by molar-refractivity contribution is -0.151. The first-order valence-electron chi connectivity index (χ1n) is 7.24. The predicted octanol–water partition coefficient (Wildman–Crippen LogP) is 0.306. The Morgan fingerprint density at radius 1 is 1.30 bits per heavy atom. The molecule has 0 aromatic carbocycles. The molecule has 2 heterocycles. The average molecular weight is 320 g/mol. The van der Waals surface area contributed by atoms with E-state index in [0.717, 1.165) is 0 Å². The van der Waals surface area contributed by atoms with E-state index in [1.54, 1.807) is 23.4 Å². The Hall–Kier alpha value is -2.48. The number of carboxylic acids is 1. The number of carboxylic acid groups (broad SMARTS) is 1. The van der Waals surface area contributed by atoms with Gasteiger partial charge in [-0.15, -0.1) is 0 Å². The molecule has 1 aromatic rings. The van der Waals surface area contributed by atoms with Crippen LogP contribution in [0.2, 0.25) is 0 Å². The largest absolute Gasteiger partial charge is 0.480 e. The van der Waals surface area contributed by atoms with Gasteiger partial charge in [0.15, 0.2) is 0 Å². The lowest BCUT2D eigenvalue weighted by Gasteiger charge is -2.33. The summed E-state index contributed by atoms with van der Waals surface area (Å²) in [7, 11) is 3.66. The molecule has 124 valence electrons. The Balaban J connectivity index is 2.01. The highest BCUT2D eigenvalue weighted by molar-refractivity contribution is 5.95. The SMILES string of the molecule is CN(C)c1ncc(/C=C/C(=O)NC2(C(=O)O)CCOCC2)cn1. The zero-order valence-corrected chi connectivity index (χ0v) is 13.2. The van der Waals surface area contributed by atoms with Crippen LogP contribution in [0.1, 0.15) is 18.4 Å². The van der Waals surface area contributed by atoms with Crippen LogP contribution in [0.25, 0.3) is 6.08 Å². The first-order valence-corrected chi connectivity index (χ1v) is 7.24. The number of anilines is 1. The molecule has 1 saturated heterocycles. The fourth-order valence-corrected chi connectivity index (χ4v) is 2.21. The third-order valence-electron chi connectivity index (χ3n) is 3.60. The summed E-state index contributed by atoms with van der Waals surface area (Å²) < 4.78 is 5.16. The molecule has 0 atom stereocenters. The second-order valence-electron chi connectivity index (χ2n) is 5.53. The summed E-state index contributed by atoms with van der Waals surface area (Å²) in [5.74, 6) is -0.939. The van der Waals surface area contributed by atoms with Gasteiger partial charge in [-0.1, -0.05) is 0 Å². The van der Waals surface area contributed by atoms with Gasteiger partial charge in [0.05, 0.1) is 0 Å². The second-order valence-corrected chi connectivity index (χ2v) is 5.53. The van der Waals surface area contributed by atoms with E-state index in [1.165, 1.54) is 6.08 Å². The number of aliphatic carboxylic acids is 1. The van der Waals surface area contributed by atoms with Crippen LogP contribution in [-0.4, -0.2) is 59.8 Å². The quantitative estimate of drug-likeness (QED) is 0.752. The monoisotopic (exact) mass is 320 g/mol. The molecule has 8 heteroatoms. The Kier molecular flexibility index (Phi) is 5.28. The van der Waals surface area contributed by atoms with Crippen molar-refractivity contribution < 1.29 is 19.4 Å². The maximum Gasteiger partial charge on any atom is 0.329 e. The molecule has 2 N–H and O–H groups in total. The van der Waals surface area contributed by atoms with Gasteiger partial charge in [-0.3, -0.25) is 4.79 Å². The zero-order chi connectivity index (χ0) is 16.9. The van der Waals surface area contributed by atoms with E-state index >= 15 is 0 Å². The molecule has 0 unspecified atom stereocenters. The summed E-state index contributed by atoms with van der Waals surface area (Å²) in [4.78, 5) is 33.5. The standard InChI is InChI=1S/C15H20N4O4/c1-19(2)14-16-9-11(10-17-14)3-4-12(20)18-15(13(21)22)5-7-23-8-6-15/h3-4,9-10H,5-8H2,1-2H3,(H,18,20)(H,21,22)/b4-3+. The lowest BCUT2D eigenvalue weighted by atomic mass is 9.90. The van der Waals surface area contributed by atoms with Crippen molar-refractivity contribution in [3.8, 4) is 0 Å². The van der Waals surface area contributed by atoms with E-state index in [0.29, 0.717) is 24.7 Å². The topological polar surface area (TPSA) is 105 Å². The van der Waals surface area contributed by atoms with Crippen LogP contribution in [-0.2, 0) is 14.3 Å². The fraction of sp³-hybridized carbons (Fsp3) is 0.467. The smallest absolute Gasteiger partial charge is 0.329 e. The van der Waals surface area contributed by atoms with Gasteiger partial charge in [0.1, 0.15) is 5.54 Å². The Bertz CT molecular complexity index is 592. The van der Waals surface area contributed by atoms with Gasteiger partial charge in [-0.05, 0) is 6.08 Å². The van der Waals surface area contributed by atoms with Gasteiger partial charge in [0, 0.05) is 64.2 Å². The Labute approximate surface area is 134 Å². The predicted molar refractivity (Wildman–Crippen MR) is 84.0 cm³/mol. The summed E-state index contributed by atoms with van der Waals surface area (Å²) in [6, 6.07) is 0.